The zero-order valence-corrected chi connectivity index (χ0v) is 13.6. The van der Waals surface area contributed by atoms with Crippen LogP contribution in [0.25, 0.3) is 0 Å². The van der Waals surface area contributed by atoms with Gasteiger partial charge in [0.25, 0.3) is 5.91 Å². The van der Waals surface area contributed by atoms with Crippen molar-refractivity contribution in [1.82, 2.24) is 9.97 Å². The summed E-state index contributed by atoms with van der Waals surface area (Å²) in [5, 5.41) is 14.8. The number of carbonyl (C=O) groups excluding carboxylic acids is 1. The van der Waals surface area contributed by atoms with E-state index in [1.165, 1.54) is 0 Å². The maximum absolute atomic E-state index is 12.4. The lowest BCUT2D eigenvalue weighted by molar-refractivity contribution is 0.102. The average molecular weight is 309 g/mol. The number of rotatable bonds is 3. The molecule has 6 nitrogen and oxygen atoms in total. The molecule has 0 bridgehead atoms. The normalized spacial score (nSPS) is 10.7. The molecule has 0 aliphatic rings. The van der Waals surface area contributed by atoms with E-state index in [4.69, 9.17) is 5.26 Å². The molecular weight excluding hydrogens is 290 g/mol. The Balaban J connectivity index is 2.23. The van der Waals surface area contributed by atoms with Crippen LogP contribution in [-0.2, 0) is 0 Å². The van der Waals surface area contributed by atoms with Crippen molar-refractivity contribution in [2.75, 3.05) is 10.6 Å². The minimum Gasteiger partial charge on any atom is -0.350 e. The molecule has 0 atom stereocenters. The molecule has 2 aromatic rings. The van der Waals surface area contributed by atoms with Crippen LogP contribution in [0.3, 0.4) is 0 Å². The lowest BCUT2D eigenvalue weighted by atomic mass is 10.1. The lowest BCUT2D eigenvalue weighted by Gasteiger charge is -2.20. The van der Waals surface area contributed by atoms with E-state index in [1.54, 1.807) is 30.3 Å². The smallest absolute Gasteiger partial charge is 0.274 e. The second-order valence-electron chi connectivity index (χ2n) is 6.24. The van der Waals surface area contributed by atoms with Crippen LogP contribution in [0.5, 0.6) is 0 Å². The molecule has 1 aromatic heterocycles. The first kappa shape index (κ1) is 16.4. The summed E-state index contributed by atoms with van der Waals surface area (Å²) in [5.41, 5.74) is 1.80. The van der Waals surface area contributed by atoms with Crippen LogP contribution >= 0.6 is 0 Å². The number of nitrogens with one attached hydrogen (secondary N) is 2. The van der Waals surface area contributed by atoms with Gasteiger partial charge in [-0.1, -0.05) is 6.07 Å². The van der Waals surface area contributed by atoms with Crippen LogP contribution in [0.4, 0.5) is 11.6 Å². The number of nitrogens with zero attached hydrogens (tertiary/aromatic N) is 3. The van der Waals surface area contributed by atoms with Crippen LogP contribution in [-0.4, -0.2) is 21.4 Å². The van der Waals surface area contributed by atoms with E-state index < -0.39 is 0 Å². The summed E-state index contributed by atoms with van der Waals surface area (Å²) in [6.45, 7) is 7.78. The molecule has 0 radical (unpaired) electrons. The molecule has 0 spiro atoms. The molecule has 0 fully saturated rings. The lowest BCUT2D eigenvalue weighted by Crippen LogP contribution is -2.28. The molecule has 0 saturated carbocycles. The third kappa shape index (κ3) is 4.78. The van der Waals surface area contributed by atoms with Gasteiger partial charge in [-0.15, -0.1) is 0 Å². The van der Waals surface area contributed by atoms with E-state index in [1.807, 2.05) is 33.8 Å². The Morgan fingerprint density at radius 2 is 1.96 bits per heavy atom. The van der Waals surface area contributed by atoms with Gasteiger partial charge in [-0.3, -0.25) is 4.79 Å². The van der Waals surface area contributed by atoms with E-state index in [0.717, 1.165) is 0 Å². The Kier molecular flexibility index (Phi) is 4.60. The Morgan fingerprint density at radius 3 is 2.61 bits per heavy atom. The standard InChI is InChI=1S/C17H19N5O/c1-11-8-14(21-16(19-11)22-17(2,3)4)15(23)20-13-7-5-6-12(9-13)10-18/h5-9H,1-4H3,(H,20,23)(H,19,21,22). The second-order valence-corrected chi connectivity index (χ2v) is 6.24. The van der Waals surface area contributed by atoms with Gasteiger partial charge in [0, 0.05) is 16.9 Å². The maximum Gasteiger partial charge on any atom is 0.274 e. The zero-order valence-electron chi connectivity index (χ0n) is 13.6. The highest BCUT2D eigenvalue weighted by atomic mass is 16.1. The van der Waals surface area contributed by atoms with E-state index in [9.17, 15) is 4.79 Å². The van der Waals surface area contributed by atoms with Gasteiger partial charge in [0.15, 0.2) is 0 Å². The predicted molar refractivity (Wildman–Crippen MR) is 89.3 cm³/mol. The average Bonchev–Trinajstić information content (AvgIpc) is 2.45. The summed E-state index contributed by atoms with van der Waals surface area (Å²) in [7, 11) is 0. The molecular formula is C17H19N5O. The molecule has 1 aromatic carbocycles. The number of amides is 1. The SMILES string of the molecule is Cc1cc(C(=O)Nc2cccc(C#N)c2)nc(NC(C)(C)C)n1. The fourth-order valence-electron chi connectivity index (χ4n) is 1.94. The maximum atomic E-state index is 12.4. The predicted octanol–water partition coefficient (Wildman–Crippen LogP) is 3.12. The first-order valence-electron chi connectivity index (χ1n) is 7.22. The largest absolute Gasteiger partial charge is 0.350 e. The van der Waals surface area contributed by atoms with Gasteiger partial charge in [0.2, 0.25) is 5.95 Å². The Bertz CT molecular complexity index is 771. The van der Waals surface area contributed by atoms with Gasteiger partial charge in [-0.05, 0) is 52.0 Å². The number of nitriles is 1. The molecule has 6 heteroatoms. The molecule has 0 saturated heterocycles. The van der Waals surface area contributed by atoms with E-state index in [2.05, 4.69) is 20.6 Å². The van der Waals surface area contributed by atoms with Crippen molar-refractivity contribution < 1.29 is 4.79 Å². The van der Waals surface area contributed by atoms with Gasteiger partial charge < -0.3 is 10.6 Å². The quantitative estimate of drug-likeness (QED) is 0.909. The summed E-state index contributed by atoms with van der Waals surface area (Å²) in [6, 6.07) is 10.4. The van der Waals surface area contributed by atoms with Crippen LogP contribution in [0.2, 0.25) is 0 Å². The number of benzene rings is 1. The number of aromatic nitrogens is 2. The van der Waals surface area contributed by atoms with E-state index in [0.29, 0.717) is 22.9 Å². The van der Waals surface area contributed by atoms with Crippen LogP contribution in [0, 0.1) is 18.3 Å². The molecule has 23 heavy (non-hydrogen) atoms. The first-order chi connectivity index (χ1) is 10.8. The molecule has 0 unspecified atom stereocenters. The van der Waals surface area contributed by atoms with Gasteiger partial charge in [0.1, 0.15) is 5.69 Å². The fraction of sp³-hybridized carbons (Fsp3) is 0.294. The van der Waals surface area contributed by atoms with Crippen LogP contribution < -0.4 is 10.6 Å². The molecule has 1 amide bonds. The van der Waals surface area contributed by atoms with Gasteiger partial charge >= 0.3 is 0 Å². The van der Waals surface area contributed by atoms with Crippen LogP contribution in [0.1, 0.15) is 42.5 Å². The number of hydrogen-bond acceptors (Lipinski definition) is 5. The van der Waals surface area contributed by atoms with Crippen molar-refractivity contribution in [2.45, 2.75) is 33.2 Å². The van der Waals surface area contributed by atoms with Gasteiger partial charge in [-0.2, -0.15) is 5.26 Å². The molecule has 0 aliphatic carbocycles. The summed E-state index contributed by atoms with van der Waals surface area (Å²) in [4.78, 5) is 20.9. The van der Waals surface area contributed by atoms with Crippen molar-refractivity contribution in [3.05, 3.63) is 47.3 Å². The Labute approximate surface area is 135 Å². The van der Waals surface area contributed by atoms with Gasteiger partial charge in [0.05, 0.1) is 11.6 Å². The molecule has 2 N–H and O–H groups in total. The topological polar surface area (TPSA) is 90.7 Å². The highest BCUT2D eigenvalue weighted by molar-refractivity contribution is 6.03. The number of anilines is 2. The first-order valence-corrected chi connectivity index (χ1v) is 7.22. The third-order valence-corrected chi connectivity index (χ3v) is 2.82. The minimum absolute atomic E-state index is 0.206. The molecule has 118 valence electrons. The summed E-state index contributed by atoms with van der Waals surface area (Å²) in [6.07, 6.45) is 0. The van der Waals surface area contributed by atoms with E-state index in [-0.39, 0.29) is 17.1 Å². The summed E-state index contributed by atoms with van der Waals surface area (Å²) in [5.74, 6) is 0.0657. The van der Waals surface area contributed by atoms with E-state index >= 15 is 0 Å². The molecule has 2 rings (SSSR count). The second kappa shape index (κ2) is 6.44. The van der Waals surface area contributed by atoms with Crippen molar-refractivity contribution in [3.63, 3.8) is 0 Å². The van der Waals surface area contributed by atoms with Gasteiger partial charge in [-0.25, -0.2) is 9.97 Å². The van der Waals surface area contributed by atoms with Crippen molar-refractivity contribution in [3.8, 4) is 6.07 Å². The van der Waals surface area contributed by atoms with Crippen molar-refractivity contribution >= 4 is 17.5 Å². The fourth-order valence-corrected chi connectivity index (χ4v) is 1.94. The Hall–Kier alpha value is -2.94. The number of aryl methyl sites for hydroxylation is 1. The summed E-state index contributed by atoms with van der Waals surface area (Å²) >= 11 is 0. The number of carbonyl (C=O) groups is 1. The highest BCUT2D eigenvalue weighted by Gasteiger charge is 2.15. The minimum atomic E-state index is -0.345. The Morgan fingerprint density at radius 1 is 1.22 bits per heavy atom. The third-order valence-electron chi connectivity index (χ3n) is 2.82. The molecule has 0 aliphatic heterocycles. The summed E-state index contributed by atoms with van der Waals surface area (Å²) < 4.78 is 0. The number of hydrogen-bond donors (Lipinski definition) is 2. The monoisotopic (exact) mass is 309 g/mol. The van der Waals surface area contributed by atoms with Crippen LogP contribution in [0.15, 0.2) is 30.3 Å². The van der Waals surface area contributed by atoms with Crippen molar-refractivity contribution in [1.29, 1.82) is 5.26 Å². The molecule has 1 heterocycles. The zero-order chi connectivity index (χ0) is 17.0. The highest BCUT2D eigenvalue weighted by Crippen LogP contribution is 2.14. The van der Waals surface area contributed by atoms with Crippen molar-refractivity contribution in [2.24, 2.45) is 0 Å².